The van der Waals surface area contributed by atoms with Crippen LogP contribution in [0, 0.1) is 5.82 Å². The van der Waals surface area contributed by atoms with Crippen molar-refractivity contribution in [2.24, 2.45) is 0 Å². The minimum atomic E-state index is -0.518. The van der Waals surface area contributed by atoms with Crippen LogP contribution in [0.2, 0.25) is 0 Å². The normalized spacial score (nSPS) is 11.0. The maximum absolute atomic E-state index is 13.8. The molecule has 2 amide bonds. The zero-order valence-corrected chi connectivity index (χ0v) is 14.6. The SMILES string of the molecule is CNC(=O)CCC(C)(C)NC(=O)c1ccc(-c2ncccc2F)cc1. The smallest absolute Gasteiger partial charge is 0.251 e. The van der Waals surface area contributed by atoms with E-state index in [9.17, 15) is 14.0 Å². The number of amides is 2. The maximum Gasteiger partial charge on any atom is 0.251 e. The Morgan fingerprint density at radius 2 is 1.84 bits per heavy atom. The molecule has 1 aromatic carbocycles. The van der Waals surface area contributed by atoms with Gasteiger partial charge in [-0.25, -0.2) is 4.39 Å². The Morgan fingerprint density at radius 3 is 2.44 bits per heavy atom. The van der Waals surface area contributed by atoms with Crippen molar-refractivity contribution in [1.82, 2.24) is 15.6 Å². The van der Waals surface area contributed by atoms with E-state index in [-0.39, 0.29) is 17.5 Å². The second kappa shape index (κ2) is 7.88. The number of pyridine rings is 1. The second-order valence-electron chi connectivity index (χ2n) is 6.42. The molecule has 0 atom stereocenters. The first-order valence-electron chi connectivity index (χ1n) is 8.06. The highest BCUT2D eigenvalue weighted by Gasteiger charge is 2.22. The molecule has 0 aliphatic rings. The molecule has 2 aromatic rings. The molecule has 0 unspecified atom stereocenters. The Balaban J connectivity index is 2.05. The summed E-state index contributed by atoms with van der Waals surface area (Å²) in [6.45, 7) is 3.73. The predicted octanol–water partition coefficient (Wildman–Crippen LogP) is 2.92. The van der Waals surface area contributed by atoms with Crippen LogP contribution in [0.4, 0.5) is 4.39 Å². The van der Waals surface area contributed by atoms with Crippen molar-refractivity contribution >= 4 is 11.8 Å². The fourth-order valence-electron chi connectivity index (χ4n) is 2.37. The zero-order valence-electron chi connectivity index (χ0n) is 14.6. The minimum absolute atomic E-state index is 0.0657. The van der Waals surface area contributed by atoms with E-state index in [0.29, 0.717) is 24.0 Å². The number of nitrogens with one attached hydrogen (secondary N) is 2. The molecule has 0 fully saturated rings. The molecule has 6 heteroatoms. The highest BCUT2D eigenvalue weighted by Crippen LogP contribution is 2.21. The Kier molecular flexibility index (Phi) is 5.85. The summed E-state index contributed by atoms with van der Waals surface area (Å²) in [6, 6.07) is 9.47. The third kappa shape index (κ3) is 5.11. The third-order valence-electron chi connectivity index (χ3n) is 3.89. The van der Waals surface area contributed by atoms with Gasteiger partial charge in [0.05, 0.1) is 0 Å². The Hall–Kier alpha value is -2.76. The molecule has 1 aromatic heterocycles. The number of carbonyl (C=O) groups excluding carboxylic acids is 2. The van der Waals surface area contributed by atoms with E-state index in [0.717, 1.165) is 0 Å². The summed E-state index contributed by atoms with van der Waals surface area (Å²) < 4.78 is 13.8. The van der Waals surface area contributed by atoms with Crippen molar-refractivity contribution < 1.29 is 14.0 Å². The molecule has 5 nitrogen and oxygen atoms in total. The quantitative estimate of drug-likeness (QED) is 0.847. The summed E-state index contributed by atoms with van der Waals surface area (Å²) in [4.78, 5) is 27.8. The predicted molar refractivity (Wildman–Crippen MR) is 94.5 cm³/mol. The largest absolute Gasteiger partial charge is 0.359 e. The summed E-state index contributed by atoms with van der Waals surface area (Å²) in [5, 5.41) is 5.47. The molecule has 25 heavy (non-hydrogen) atoms. The molecule has 0 aliphatic carbocycles. The van der Waals surface area contributed by atoms with Crippen LogP contribution in [0.1, 0.15) is 37.0 Å². The highest BCUT2D eigenvalue weighted by molar-refractivity contribution is 5.95. The van der Waals surface area contributed by atoms with Crippen LogP contribution in [-0.4, -0.2) is 29.4 Å². The van der Waals surface area contributed by atoms with Gasteiger partial charge in [0.2, 0.25) is 5.91 Å². The first-order chi connectivity index (χ1) is 11.8. The van der Waals surface area contributed by atoms with Gasteiger partial charge in [-0.3, -0.25) is 14.6 Å². The molecule has 0 spiro atoms. The van der Waals surface area contributed by atoms with Crippen LogP contribution in [0.15, 0.2) is 42.6 Å². The molecule has 132 valence electrons. The Morgan fingerprint density at radius 1 is 1.16 bits per heavy atom. The standard InChI is InChI=1S/C19H22FN3O2/c1-19(2,11-10-16(24)21-3)23-18(25)14-8-6-13(7-9-14)17-15(20)5-4-12-22-17/h4-9,12H,10-11H2,1-3H3,(H,21,24)(H,23,25). The third-order valence-corrected chi connectivity index (χ3v) is 3.89. The topological polar surface area (TPSA) is 71.1 Å². The first kappa shape index (κ1) is 18.6. The van der Waals surface area contributed by atoms with Gasteiger partial charge in [0.1, 0.15) is 11.5 Å². The first-order valence-corrected chi connectivity index (χ1v) is 8.06. The van der Waals surface area contributed by atoms with Gasteiger partial charge in [-0.15, -0.1) is 0 Å². The molecular weight excluding hydrogens is 321 g/mol. The van der Waals surface area contributed by atoms with E-state index in [1.54, 1.807) is 31.3 Å². The summed E-state index contributed by atoms with van der Waals surface area (Å²) in [6.07, 6.45) is 2.38. The lowest BCUT2D eigenvalue weighted by atomic mass is 9.97. The summed E-state index contributed by atoms with van der Waals surface area (Å²) in [5.41, 5.74) is 0.803. The van der Waals surface area contributed by atoms with E-state index >= 15 is 0 Å². The average Bonchev–Trinajstić information content (AvgIpc) is 2.60. The van der Waals surface area contributed by atoms with E-state index in [1.165, 1.54) is 18.3 Å². The lowest BCUT2D eigenvalue weighted by Gasteiger charge is -2.26. The Labute approximate surface area is 146 Å². The fraction of sp³-hybridized carbons (Fsp3) is 0.316. The number of nitrogens with zero attached hydrogens (tertiary/aromatic N) is 1. The number of hydrogen-bond donors (Lipinski definition) is 2. The molecule has 0 bridgehead atoms. The van der Waals surface area contributed by atoms with Gasteiger partial charge < -0.3 is 10.6 Å². The van der Waals surface area contributed by atoms with Crippen LogP contribution in [0.3, 0.4) is 0 Å². The Bertz CT molecular complexity index is 758. The van der Waals surface area contributed by atoms with Crippen LogP contribution in [-0.2, 0) is 4.79 Å². The number of benzene rings is 1. The molecule has 0 saturated heterocycles. The molecule has 0 aliphatic heterocycles. The highest BCUT2D eigenvalue weighted by atomic mass is 19.1. The second-order valence-corrected chi connectivity index (χ2v) is 6.42. The summed E-state index contributed by atoms with van der Waals surface area (Å²) in [7, 11) is 1.58. The molecule has 0 radical (unpaired) electrons. The van der Waals surface area contributed by atoms with Crippen molar-refractivity contribution in [3.8, 4) is 11.3 Å². The van der Waals surface area contributed by atoms with Gasteiger partial charge >= 0.3 is 0 Å². The molecular formula is C19H22FN3O2. The van der Waals surface area contributed by atoms with Crippen LogP contribution in [0.5, 0.6) is 0 Å². The monoisotopic (exact) mass is 343 g/mol. The summed E-state index contributed by atoms with van der Waals surface area (Å²) >= 11 is 0. The maximum atomic E-state index is 13.8. The average molecular weight is 343 g/mol. The van der Waals surface area contributed by atoms with Crippen molar-refractivity contribution in [3.05, 3.63) is 54.0 Å². The fourth-order valence-corrected chi connectivity index (χ4v) is 2.37. The molecule has 0 saturated carbocycles. The van der Waals surface area contributed by atoms with Gasteiger partial charge in [0.15, 0.2) is 0 Å². The van der Waals surface area contributed by atoms with Crippen LogP contribution >= 0.6 is 0 Å². The lowest BCUT2D eigenvalue weighted by Crippen LogP contribution is -2.44. The van der Waals surface area contributed by atoms with Crippen molar-refractivity contribution in [1.29, 1.82) is 0 Å². The zero-order chi connectivity index (χ0) is 18.4. The van der Waals surface area contributed by atoms with Gasteiger partial charge in [-0.2, -0.15) is 0 Å². The van der Waals surface area contributed by atoms with Gasteiger partial charge in [0, 0.05) is 36.3 Å². The van der Waals surface area contributed by atoms with Crippen molar-refractivity contribution in [3.63, 3.8) is 0 Å². The van der Waals surface area contributed by atoms with E-state index in [2.05, 4.69) is 15.6 Å². The van der Waals surface area contributed by atoms with Gasteiger partial charge in [-0.1, -0.05) is 12.1 Å². The van der Waals surface area contributed by atoms with Gasteiger partial charge in [0.25, 0.3) is 5.91 Å². The number of aromatic nitrogens is 1. The van der Waals surface area contributed by atoms with E-state index in [4.69, 9.17) is 0 Å². The van der Waals surface area contributed by atoms with Crippen LogP contribution < -0.4 is 10.6 Å². The number of carbonyl (C=O) groups is 2. The van der Waals surface area contributed by atoms with Crippen molar-refractivity contribution in [2.45, 2.75) is 32.2 Å². The van der Waals surface area contributed by atoms with E-state index < -0.39 is 11.4 Å². The van der Waals surface area contributed by atoms with Crippen molar-refractivity contribution in [2.75, 3.05) is 7.05 Å². The van der Waals surface area contributed by atoms with E-state index in [1.807, 2.05) is 13.8 Å². The molecule has 2 N–H and O–H groups in total. The number of rotatable bonds is 6. The summed E-state index contributed by atoms with van der Waals surface area (Å²) in [5.74, 6) is -0.714. The minimum Gasteiger partial charge on any atom is -0.359 e. The number of hydrogen-bond acceptors (Lipinski definition) is 3. The van der Waals surface area contributed by atoms with Gasteiger partial charge in [-0.05, 0) is 44.5 Å². The lowest BCUT2D eigenvalue weighted by molar-refractivity contribution is -0.121. The van der Waals surface area contributed by atoms with Crippen LogP contribution in [0.25, 0.3) is 11.3 Å². The number of halogens is 1. The molecule has 2 rings (SSSR count). The molecule has 1 heterocycles.